The van der Waals surface area contributed by atoms with E-state index < -0.39 is 5.91 Å². The van der Waals surface area contributed by atoms with Crippen LogP contribution in [0.15, 0.2) is 54.5 Å². The average Bonchev–Trinajstić information content (AvgIpc) is 2.78. The van der Waals surface area contributed by atoms with E-state index in [1.54, 1.807) is 43.6 Å². The highest BCUT2D eigenvalue weighted by Gasteiger charge is 2.12. The Morgan fingerprint density at radius 2 is 1.97 bits per heavy atom. The summed E-state index contributed by atoms with van der Waals surface area (Å²) < 4.78 is 0. The van der Waals surface area contributed by atoms with Crippen LogP contribution in [0.3, 0.4) is 0 Å². The van der Waals surface area contributed by atoms with Crippen LogP contribution >= 0.6 is 0 Å². The minimum absolute atomic E-state index is 0.00722. The summed E-state index contributed by atoms with van der Waals surface area (Å²) in [4.78, 5) is 16.6. The smallest absolute Gasteiger partial charge is 0.273 e. The fraction of sp³-hybridized carbons (Fsp3) is 0.217. The third kappa shape index (κ3) is 6.26. The molecule has 168 valence electrons. The molecule has 0 aliphatic heterocycles. The van der Waals surface area contributed by atoms with E-state index in [9.17, 15) is 4.79 Å². The first-order chi connectivity index (χ1) is 15.2. The zero-order chi connectivity index (χ0) is 23.8. The number of rotatable bonds is 9. The van der Waals surface area contributed by atoms with Gasteiger partial charge in [-0.3, -0.25) is 4.79 Å². The van der Waals surface area contributed by atoms with Gasteiger partial charge in [0.2, 0.25) is 0 Å². The Balaban J connectivity index is 2.29. The standard InChI is InChI=1S/C23H30N8O/c1-14(2)31(27)13-21(26)23(32)30-18-6-5-15(3)19(11-18)20(25)9-17(12-24)16-7-8-29-22(10-16)28-4/h5-14,24-25H,26-27H2,1-4H3,(H,28,29)(H,30,32)/b17-9+,21-13-,24-12?,25-20?. The topological polar surface area (TPSA) is 157 Å². The number of hydrazine groups is 1. The van der Waals surface area contributed by atoms with Crippen molar-refractivity contribution in [3.63, 3.8) is 0 Å². The van der Waals surface area contributed by atoms with E-state index in [0.717, 1.165) is 11.1 Å². The Bertz CT molecular complexity index is 1070. The molecular formula is C23H30N8O. The SMILES string of the molecule is CNc1cc(/C(C=N)=C/C(=N)c2cc(NC(=O)/C(N)=C/N(N)C(C)C)ccc2C)ccn1. The molecule has 0 aliphatic carbocycles. The predicted octanol–water partition coefficient (Wildman–Crippen LogP) is 2.86. The number of aryl methyl sites for hydroxylation is 1. The van der Waals surface area contributed by atoms with Crippen LogP contribution in [0.25, 0.3) is 5.57 Å². The highest BCUT2D eigenvalue weighted by Crippen LogP contribution is 2.20. The monoisotopic (exact) mass is 434 g/mol. The second kappa shape index (κ2) is 10.9. The molecule has 32 heavy (non-hydrogen) atoms. The summed E-state index contributed by atoms with van der Waals surface area (Å²) in [5.74, 6) is 5.97. The number of anilines is 2. The molecule has 0 bridgehead atoms. The van der Waals surface area contributed by atoms with Crippen molar-refractivity contribution in [2.45, 2.75) is 26.8 Å². The molecule has 1 heterocycles. The molecule has 9 nitrogen and oxygen atoms in total. The molecule has 0 atom stereocenters. The first-order valence-electron chi connectivity index (χ1n) is 10.0. The van der Waals surface area contributed by atoms with E-state index in [-0.39, 0.29) is 17.5 Å². The fourth-order valence-corrected chi connectivity index (χ4v) is 2.75. The number of carbonyl (C=O) groups excluding carboxylic acids is 1. The minimum atomic E-state index is -0.491. The summed E-state index contributed by atoms with van der Waals surface area (Å²) >= 11 is 0. The number of pyridine rings is 1. The van der Waals surface area contributed by atoms with Crippen molar-refractivity contribution in [3.8, 4) is 0 Å². The fourth-order valence-electron chi connectivity index (χ4n) is 2.75. The Labute approximate surface area is 188 Å². The van der Waals surface area contributed by atoms with E-state index in [4.69, 9.17) is 22.4 Å². The summed E-state index contributed by atoms with van der Waals surface area (Å²) in [6.07, 6.45) is 5.83. The van der Waals surface area contributed by atoms with Crippen molar-refractivity contribution >= 4 is 34.9 Å². The maximum atomic E-state index is 12.4. The van der Waals surface area contributed by atoms with Crippen LogP contribution in [0.2, 0.25) is 0 Å². The lowest BCUT2D eigenvalue weighted by Crippen LogP contribution is -2.34. The van der Waals surface area contributed by atoms with E-state index in [2.05, 4.69) is 15.6 Å². The van der Waals surface area contributed by atoms with E-state index in [1.807, 2.05) is 26.8 Å². The van der Waals surface area contributed by atoms with E-state index in [0.29, 0.717) is 22.6 Å². The number of nitrogens with zero attached hydrogens (tertiary/aromatic N) is 2. The highest BCUT2D eigenvalue weighted by molar-refractivity contribution is 6.20. The van der Waals surface area contributed by atoms with Gasteiger partial charge in [-0.05, 0) is 62.2 Å². The van der Waals surface area contributed by atoms with Crippen LogP contribution in [-0.2, 0) is 4.79 Å². The molecule has 0 unspecified atom stereocenters. The number of amides is 1. The van der Waals surface area contributed by atoms with Crippen LogP contribution in [-0.4, -0.2) is 40.9 Å². The van der Waals surface area contributed by atoms with Gasteiger partial charge in [-0.1, -0.05) is 6.07 Å². The molecule has 0 fully saturated rings. The highest BCUT2D eigenvalue weighted by atomic mass is 16.2. The van der Waals surface area contributed by atoms with Crippen LogP contribution in [0.5, 0.6) is 0 Å². The number of benzene rings is 1. The Morgan fingerprint density at radius 3 is 2.59 bits per heavy atom. The second-order valence-corrected chi connectivity index (χ2v) is 7.45. The molecule has 8 N–H and O–H groups in total. The number of aromatic nitrogens is 1. The molecule has 9 heteroatoms. The Morgan fingerprint density at radius 1 is 1.25 bits per heavy atom. The molecule has 2 aromatic rings. The van der Waals surface area contributed by atoms with Gasteiger partial charge in [0.25, 0.3) is 5.91 Å². The Hall–Kier alpha value is -3.98. The zero-order valence-corrected chi connectivity index (χ0v) is 18.7. The number of nitrogens with one attached hydrogen (secondary N) is 4. The molecule has 1 aromatic heterocycles. The van der Waals surface area contributed by atoms with Gasteiger partial charge in [-0.2, -0.15) is 0 Å². The molecule has 0 radical (unpaired) electrons. The number of nitrogens with two attached hydrogens (primary N) is 2. The van der Waals surface area contributed by atoms with Gasteiger partial charge in [-0.25, -0.2) is 10.8 Å². The molecule has 1 aromatic carbocycles. The molecular weight excluding hydrogens is 404 g/mol. The van der Waals surface area contributed by atoms with Gasteiger partial charge in [0.1, 0.15) is 11.5 Å². The van der Waals surface area contributed by atoms with Gasteiger partial charge in [0, 0.05) is 48.5 Å². The third-order valence-corrected chi connectivity index (χ3v) is 4.74. The third-order valence-electron chi connectivity index (χ3n) is 4.74. The zero-order valence-electron chi connectivity index (χ0n) is 18.7. The van der Waals surface area contributed by atoms with Crippen LogP contribution < -0.4 is 22.2 Å². The van der Waals surface area contributed by atoms with Crippen molar-refractivity contribution in [1.29, 1.82) is 10.8 Å². The molecule has 2 rings (SSSR count). The van der Waals surface area contributed by atoms with Crippen molar-refractivity contribution in [2.24, 2.45) is 11.6 Å². The van der Waals surface area contributed by atoms with Gasteiger partial charge in [0.05, 0.1) is 5.71 Å². The number of allylic oxidation sites excluding steroid dienone is 2. The normalized spacial score (nSPS) is 11.8. The predicted molar refractivity (Wildman–Crippen MR) is 131 cm³/mol. The first-order valence-corrected chi connectivity index (χ1v) is 10.0. The lowest BCUT2D eigenvalue weighted by atomic mass is 9.99. The number of carbonyl (C=O) groups is 1. The Kier molecular flexibility index (Phi) is 8.25. The minimum Gasteiger partial charge on any atom is -0.393 e. The summed E-state index contributed by atoms with van der Waals surface area (Å²) in [6, 6.07) is 8.83. The summed E-state index contributed by atoms with van der Waals surface area (Å²) in [6.45, 7) is 5.63. The van der Waals surface area contributed by atoms with Gasteiger partial charge >= 0.3 is 0 Å². The van der Waals surface area contributed by atoms with Gasteiger partial charge < -0.3 is 32.2 Å². The summed E-state index contributed by atoms with van der Waals surface area (Å²) in [5.41, 5.74) is 9.32. The summed E-state index contributed by atoms with van der Waals surface area (Å²) in [5, 5.41) is 23.4. The van der Waals surface area contributed by atoms with Crippen molar-refractivity contribution < 1.29 is 4.79 Å². The second-order valence-electron chi connectivity index (χ2n) is 7.45. The van der Waals surface area contributed by atoms with E-state index in [1.165, 1.54) is 17.4 Å². The summed E-state index contributed by atoms with van der Waals surface area (Å²) in [7, 11) is 1.76. The van der Waals surface area contributed by atoms with Crippen LogP contribution in [0, 0.1) is 17.7 Å². The van der Waals surface area contributed by atoms with Crippen molar-refractivity contribution in [2.75, 3.05) is 17.7 Å². The lowest BCUT2D eigenvalue weighted by molar-refractivity contribution is -0.113. The molecule has 0 saturated carbocycles. The maximum absolute atomic E-state index is 12.4. The van der Waals surface area contributed by atoms with Crippen LogP contribution in [0.4, 0.5) is 11.5 Å². The van der Waals surface area contributed by atoms with Gasteiger partial charge in [-0.15, -0.1) is 0 Å². The van der Waals surface area contributed by atoms with Crippen LogP contribution in [0.1, 0.15) is 30.5 Å². The molecule has 0 spiro atoms. The molecule has 1 amide bonds. The van der Waals surface area contributed by atoms with Crippen molar-refractivity contribution in [3.05, 3.63) is 71.2 Å². The lowest BCUT2D eigenvalue weighted by Gasteiger charge is -2.19. The average molecular weight is 435 g/mol. The van der Waals surface area contributed by atoms with Gasteiger partial charge in [0.15, 0.2) is 0 Å². The largest absolute Gasteiger partial charge is 0.393 e. The van der Waals surface area contributed by atoms with E-state index >= 15 is 0 Å². The number of hydrogen-bond donors (Lipinski definition) is 6. The molecule has 0 aliphatic rings. The first kappa shape index (κ1) is 24.3. The number of hydrogen-bond acceptors (Lipinski definition) is 8. The quantitative estimate of drug-likeness (QED) is 0.154. The van der Waals surface area contributed by atoms with Crippen molar-refractivity contribution in [1.82, 2.24) is 9.99 Å². The maximum Gasteiger partial charge on any atom is 0.273 e. The molecule has 0 saturated heterocycles.